The van der Waals surface area contributed by atoms with Crippen LogP contribution in [-0.4, -0.2) is 38.0 Å². The summed E-state index contributed by atoms with van der Waals surface area (Å²) in [6, 6.07) is 8.29. The predicted octanol–water partition coefficient (Wildman–Crippen LogP) is 1.61. The number of anilines is 1. The molecule has 2 N–H and O–H groups in total. The first-order chi connectivity index (χ1) is 9.47. The first kappa shape index (κ1) is 14.6. The number of rotatable bonds is 4. The number of amides is 1. The van der Waals surface area contributed by atoms with E-state index in [1.807, 2.05) is 33.3 Å². The van der Waals surface area contributed by atoms with Gasteiger partial charge in [-0.1, -0.05) is 24.3 Å². The van der Waals surface area contributed by atoms with E-state index < -0.39 is 0 Å². The van der Waals surface area contributed by atoms with Crippen LogP contribution in [0.3, 0.4) is 0 Å². The molecule has 20 heavy (non-hydrogen) atoms. The van der Waals surface area contributed by atoms with E-state index in [0.29, 0.717) is 6.54 Å². The molecule has 2 unspecified atom stereocenters. The molecule has 1 aliphatic carbocycles. The van der Waals surface area contributed by atoms with E-state index in [0.717, 1.165) is 17.7 Å². The minimum atomic E-state index is -0.0592. The Morgan fingerprint density at radius 3 is 2.35 bits per heavy atom. The standard InChI is InChI=1S/C16H23N3O/c1-18(2)15-8-4-12(5-9-15)11-19(3)16(20)13-6-7-14(17)10-13/h4-9,13-14H,10-11,17H2,1-3H3. The molecule has 0 aliphatic heterocycles. The van der Waals surface area contributed by atoms with Gasteiger partial charge >= 0.3 is 0 Å². The average Bonchev–Trinajstić information content (AvgIpc) is 2.85. The largest absolute Gasteiger partial charge is 0.378 e. The zero-order chi connectivity index (χ0) is 14.7. The Morgan fingerprint density at radius 1 is 1.20 bits per heavy atom. The monoisotopic (exact) mass is 273 g/mol. The van der Waals surface area contributed by atoms with Crippen molar-refractivity contribution in [2.45, 2.75) is 19.0 Å². The van der Waals surface area contributed by atoms with Crippen LogP contribution >= 0.6 is 0 Å². The second kappa shape index (κ2) is 6.09. The highest BCUT2D eigenvalue weighted by Crippen LogP contribution is 2.20. The smallest absolute Gasteiger partial charge is 0.229 e. The van der Waals surface area contributed by atoms with E-state index in [1.54, 1.807) is 4.90 Å². The van der Waals surface area contributed by atoms with E-state index >= 15 is 0 Å². The Kier molecular flexibility index (Phi) is 4.45. The summed E-state index contributed by atoms with van der Waals surface area (Å²) >= 11 is 0. The van der Waals surface area contributed by atoms with Crippen molar-refractivity contribution in [1.82, 2.24) is 4.90 Å². The second-order valence-corrected chi connectivity index (χ2v) is 5.65. The zero-order valence-corrected chi connectivity index (χ0v) is 12.4. The summed E-state index contributed by atoms with van der Waals surface area (Å²) in [5.74, 6) is 0.0851. The molecule has 0 saturated heterocycles. The quantitative estimate of drug-likeness (QED) is 0.848. The molecule has 1 aliphatic rings. The highest BCUT2D eigenvalue weighted by atomic mass is 16.2. The SMILES string of the molecule is CN(Cc1ccc(N(C)C)cc1)C(=O)C1C=CC(N)C1. The summed E-state index contributed by atoms with van der Waals surface area (Å²) in [6.07, 6.45) is 4.57. The van der Waals surface area contributed by atoms with Gasteiger partial charge in [0.25, 0.3) is 0 Å². The van der Waals surface area contributed by atoms with Crippen LogP contribution in [0.15, 0.2) is 36.4 Å². The first-order valence-corrected chi connectivity index (χ1v) is 6.92. The lowest BCUT2D eigenvalue weighted by Crippen LogP contribution is -2.32. The Bertz CT molecular complexity index is 493. The van der Waals surface area contributed by atoms with E-state index in [2.05, 4.69) is 29.2 Å². The second-order valence-electron chi connectivity index (χ2n) is 5.65. The molecule has 1 amide bonds. The maximum atomic E-state index is 12.3. The molecule has 0 radical (unpaired) electrons. The van der Waals surface area contributed by atoms with Crippen molar-refractivity contribution in [3.63, 3.8) is 0 Å². The lowest BCUT2D eigenvalue weighted by molar-refractivity contribution is -0.133. The van der Waals surface area contributed by atoms with Gasteiger partial charge in [0.15, 0.2) is 0 Å². The van der Waals surface area contributed by atoms with Crippen molar-refractivity contribution < 1.29 is 4.79 Å². The van der Waals surface area contributed by atoms with Gasteiger partial charge in [0.1, 0.15) is 0 Å². The number of hydrogen-bond donors (Lipinski definition) is 1. The fraction of sp³-hybridized carbons (Fsp3) is 0.438. The Labute approximate surface area is 120 Å². The minimum Gasteiger partial charge on any atom is -0.378 e. The Morgan fingerprint density at radius 2 is 1.85 bits per heavy atom. The van der Waals surface area contributed by atoms with Gasteiger partial charge in [0.05, 0.1) is 5.92 Å². The van der Waals surface area contributed by atoms with Crippen molar-refractivity contribution in [1.29, 1.82) is 0 Å². The van der Waals surface area contributed by atoms with Crippen LogP contribution in [0.2, 0.25) is 0 Å². The zero-order valence-electron chi connectivity index (χ0n) is 12.4. The van der Waals surface area contributed by atoms with Crippen molar-refractivity contribution in [2.24, 2.45) is 11.7 Å². The first-order valence-electron chi connectivity index (χ1n) is 6.92. The average molecular weight is 273 g/mol. The summed E-state index contributed by atoms with van der Waals surface area (Å²) in [6.45, 7) is 0.631. The van der Waals surface area contributed by atoms with Crippen LogP contribution < -0.4 is 10.6 Å². The van der Waals surface area contributed by atoms with E-state index in [9.17, 15) is 4.79 Å². The molecule has 2 atom stereocenters. The van der Waals surface area contributed by atoms with Crippen LogP contribution in [0.4, 0.5) is 5.69 Å². The molecule has 1 aromatic carbocycles. The van der Waals surface area contributed by atoms with Crippen molar-refractivity contribution in [3.8, 4) is 0 Å². The highest BCUT2D eigenvalue weighted by Gasteiger charge is 2.25. The molecule has 0 bridgehead atoms. The minimum absolute atomic E-state index is 0.0247. The molecule has 4 heteroatoms. The molecule has 1 aromatic rings. The van der Waals surface area contributed by atoms with Gasteiger partial charge < -0.3 is 15.5 Å². The number of benzene rings is 1. The van der Waals surface area contributed by atoms with Crippen LogP contribution in [-0.2, 0) is 11.3 Å². The van der Waals surface area contributed by atoms with Crippen molar-refractivity contribution >= 4 is 11.6 Å². The Hall–Kier alpha value is -1.81. The van der Waals surface area contributed by atoms with Crippen LogP contribution in [0.5, 0.6) is 0 Å². The fourth-order valence-corrected chi connectivity index (χ4v) is 2.44. The van der Waals surface area contributed by atoms with Crippen LogP contribution in [0, 0.1) is 5.92 Å². The number of nitrogens with two attached hydrogens (primary N) is 1. The van der Waals surface area contributed by atoms with Crippen LogP contribution in [0.1, 0.15) is 12.0 Å². The summed E-state index contributed by atoms with van der Waals surface area (Å²) in [5.41, 5.74) is 8.09. The van der Waals surface area contributed by atoms with Gasteiger partial charge in [-0.2, -0.15) is 0 Å². The van der Waals surface area contributed by atoms with E-state index in [-0.39, 0.29) is 17.9 Å². The van der Waals surface area contributed by atoms with E-state index in [4.69, 9.17) is 5.73 Å². The van der Waals surface area contributed by atoms with Crippen molar-refractivity contribution in [3.05, 3.63) is 42.0 Å². The third kappa shape index (κ3) is 3.39. The van der Waals surface area contributed by atoms with Crippen LogP contribution in [0.25, 0.3) is 0 Å². The maximum Gasteiger partial charge on any atom is 0.229 e. The normalized spacial score (nSPS) is 21.0. The summed E-state index contributed by atoms with van der Waals surface area (Å²) in [7, 11) is 5.88. The van der Waals surface area contributed by atoms with Gasteiger partial charge in [0, 0.05) is 39.4 Å². The van der Waals surface area contributed by atoms with Gasteiger partial charge in [-0.25, -0.2) is 0 Å². The molecule has 0 spiro atoms. The molecule has 0 saturated carbocycles. The van der Waals surface area contributed by atoms with Crippen molar-refractivity contribution in [2.75, 3.05) is 26.0 Å². The van der Waals surface area contributed by atoms with E-state index in [1.165, 1.54) is 0 Å². The summed E-state index contributed by atoms with van der Waals surface area (Å²) < 4.78 is 0. The summed E-state index contributed by atoms with van der Waals surface area (Å²) in [5, 5.41) is 0. The topological polar surface area (TPSA) is 49.6 Å². The van der Waals surface area contributed by atoms with Gasteiger partial charge in [-0.05, 0) is 24.1 Å². The molecule has 2 rings (SSSR count). The number of carbonyl (C=O) groups is 1. The van der Waals surface area contributed by atoms with Gasteiger partial charge in [-0.3, -0.25) is 4.79 Å². The molecule has 4 nitrogen and oxygen atoms in total. The third-order valence-corrected chi connectivity index (χ3v) is 3.68. The summed E-state index contributed by atoms with van der Waals surface area (Å²) in [4.78, 5) is 16.1. The number of nitrogens with zero attached hydrogens (tertiary/aromatic N) is 2. The molecule has 108 valence electrons. The third-order valence-electron chi connectivity index (χ3n) is 3.68. The van der Waals surface area contributed by atoms with Gasteiger partial charge in [0.2, 0.25) is 5.91 Å². The molecular formula is C16H23N3O. The number of carbonyl (C=O) groups excluding carboxylic acids is 1. The molecule has 0 fully saturated rings. The maximum absolute atomic E-state index is 12.3. The lowest BCUT2D eigenvalue weighted by atomic mass is 10.1. The number of hydrogen-bond acceptors (Lipinski definition) is 3. The highest BCUT2D eigenvalue weighted by molar-refractivity contribution is 5.81. The fourth-order valence-electron chi connectivity index (χ4n) is 2.44. The lowest BCUT2D eigenvalue weighted by Gasteiger charge is -2.21. The Balaban J connectivity index is 1.95. The molecule has 0 aromatic heterocycles. The molecule has 0 heterocycles. The van der Waals surface area contributed by atoms with Gasteiger partial charge in [-0.15, -0.1) is 0 Å². The molecular weight excluding hydrogens is 250 g/mol. The predicted molar refractivity (Wildman–Crippen MR) is 82.5 cm³/mol.